The first-order chi connectivity index (χ1) is 14.3. The van der Waals surface area contributed by atoms with Crippen molar-refractivity contribution < 1.29 is 17.6 Å². The van der Waals surface area contributed by atoms with E-state index in [1.807, 2.05) is 0 Å². The van der Waals surface area contributed by atoms with Crippen molar-refractivity contribution in [2.24, 2.45) is 0 Å². The Kier molecular flexibility index (Phi) is 5.27. The number of rotatable bonds is 5. The minimum Gasteiger partial charge on any atom is -0.319 e. The van der Waals surface area contributed by atoms with E-state index in [2.05, 4.69) is 10.0 Å². The second-order valence-corrected chi connectivity index (χ2v) is 9.35. The number of carbonyl (C=O) groups is 1. The number of para-hydroxylation sites is 2. The monoisotopic (exact) mass is 440 g/mol. The quantitative estimate of drug-likeness (QED) is 0.436. The Morgan fingerprint density at radius 3 is 2.33 bits per heavy atom. The number of amides is 1. The smallest absolute Gasteiger partial charge is 0.266 e. The number of aryl methyl sites for hydroxylation is 1. The van der Waals surface area contributed by atoms with Gasteiger partial charge >= 0.3 is 0 Å². The fourth-order valence-corrected chi connectivity index (χ4v) is 5.26. The summed E-state index contributed by atoms with van der Waals surface area (Å²) in [5.74, 6) is -0.753. The maximum atomic E-state index is 13.6. The summed E-state index contributed by atoms with van der Waals surface area (Å²) in [5.41, 5.74) is 1.25. The molecule has 3 aromatic carbocycles. The molecule has 8 heteroatoms. The zero-order valence-electron chi connectivity index (χ0n) is 15.8. The number of sulfonamides is 1. The normalized spacial score (nSPS) is 11.4. The highest BCUT2D eigenvalue weighted by atomic mass is 32.2. The molecule has 1 heterocycles. The Bertz CT molecular complexity index is 1350. The van der Waals surface area contributed by atoms with Crippen molar-refractivity contribution in [3.05, 3.63) is 89.1 Å². The van der Waals surface area contributed by atoms with Gasteiger partial charge in [-0.3, -0.25) is 9.52 Å². The molecule has 0 aliphatic heterocycles. The Labute approximate surface area is 177 Å². The van der Waals surface area contributed by atoms with Crippen LogP contribution in [-0.4, -0.2) is 14.3 Å². The lowest BCUT2D eigenvalue weighted by Gasteiger charge is -2.13. The lowest BCUT2D eigenvalue weighted by atomic mass is 10.1. The number of nitrogens with one attached hydrogen (secondary N) is 2. The molecule has 0 aliphatic carbocycles. The van der Waals surface area contributed by atoms with E-state index in [1.165, 1.54) is 35.6 Å². The summed E-state index contributed by atoms with van der Waals surface area (Å²) in [6.07, 6.45) is 0. The molecule has 4 aromatic rings. The number of hydrogen-bond donors (Lipinski definition) is 2. The molecule has 0 bridgehead atoms. The number of thiophene rings is 1. The summed E-state index contributed by atoms with van der Waals surface area (Å²) in [5, 5.41) is 3.45. The highest BCUT2D eigenvalue weighted by Gasteiger charge is 2.19. The van der Waals surface area contributed by atoms with Crippen molar-refractivity contribution in [2.75, 3.05) is 10.0 Å². The van der Waals surface area contributed by atoms with Crippen molar-refractivity contribution in [2.45, 2.75) is 11.8 Å². The number of carbonyl (C=O) groups excluding carboxylic acids is 1. The summed E-state index contributed by atoms with van der Waals surface area (Å²) < 4.78 is 42.2. The van der Waals surface area contributed by atoms with Gasteiger partial charge in [-0.2, -0.15) is 0 Å². The maximum Gasteiger partial charge on any atom is 0.266 e. The molecule has 0 saturated carbocycles. The predicted molar refractivity (Wildman–Crippen MR) is 118 cm³/mol. The van der Waals surface area contributed by atoms with Crippen LogP contribution in [0.15, 0.2) is 77.7 Å². The van der Waals surface area contributed by atoms with E-state index < -0.39 is 10.0 Å². The van der Waals surface area contributed by atoms with Gasteiger partial charge in [0.2, 0.25) is 0 Å². The van der Waals surface area contributed by atoms with Crippen molar-refractivity contribution in [3.8, 4) is 0 Å². The second kappa shape index (κ2) is 7.89. The standard InChI is InChI=1S/C22H17FN2O3S2/c1-14-17-13-15(23)11-12-20(17)29-21(14)22(26)24-18-9-5-6-10-19(18)25-30(27,28)16-7-3-2-4-8-16/h2-13,25H,1H3,(H,24,26). The van der Waals surface area contributed by atoms with E-state index in [0.29, 0.717) is 21.5 Å². The van der Waals surface area contributed by atoms with Gasteiger partial charge in [0.15, 0.2) is 0 Å². The average molecular weight is 441 g/mol. The zero-order chi connectivity index (χ0) is 21.3. The Hall–Kier alpha value is -3.23. The third-order valence-corrected chi connectivity index (χ3v) is 7.23. The van der Waals surface area contributed by atoms with Crippen LogP contribution < -0.4 is 10.0 Å². The molecule has 30 heavy (non-hydrogen) atoms. The fraction of sp³-hybridized carbons (Fsp3) is 0.0455. The number of fused-ring (bicyclic) bond motifs is 1. The van der Waals surface area contributed by atoms with E-state index >= 15 is 0 Å². The van der Waals surface area contributed by atoms with Crippen LogP contribution in [0.3, 0.4) is 0 Å². The van der Waals surface area contributed by atoms with Crippen LogP contribution in [0, 0.1) is 12.7 Å². The number of halogens is 1. The summed E-state index contributed by atoms with van der Waals surface area (Å²) in [6, 6.07) is 18.9. The van der Waals surface area contributed by atoms with Crippen LogP contribution in [0.2, 0.25) is 0 Å². The molecule has 1 aromatic heterocycles. The third kappa shape index (κ3) is 3.92. The van der Waals surface area contributed by atoms with Crippen LogP contribution in [0.5, 0.6) is 0 Å². The molecular formula is C22H17FN2O3S2. The maximum absolute atomic E-state index is 13.6. The molecule has 4 rings (SSSR count). The van der Waals surface area contributed by atoms with Crippen molar-refractivity contribution >= 4 is 48.7 Å². The third-order valence-electron chi connectivity index (χ3n) is 4.58. The highest BCUT2D eigenvalue weighted by molar-refractivity contribution is 7.92. The molecule has 1 amide bonds. The largest absolute Gasteiger partial charge is 0.319 e. The van der Waals surface area contributed by atoms with Gasteiger partial charge in [-0.15, -0.1) is 11.3 Å². The summed E-state index contributed by atoms with van der Waals surface area (Å²) in [4.78, 5) is 13.5. The van der Waals surface area contributed by atoms with Gasteiger partial charge in [-0.1, -0.05) is 30.3 Å². The van der Waals surface area contributed by atoms with Gasteiger partial charge in [0, 0.05) is 4.70 Å². The second-order valence-electron chi connectivity index (χ2n) is 6.61. The minimum atomic E-state index is -3.81. The molecule has 2 N–H and O–H groups in total. The number of anilines is 2. The molecule has 0 aliphatic rings. The van der Waals surface area contributed by atoms with Crippen molar-refractivity contribution in [1.82, 2.24) is 0 Å². The van der Waals surface area contributed by atoms with Crippen LogP contribution in [0.4, 0.5) is 15.8 Å². The van der Waals surface area contributed by atoms with Crippen LogP contribution >= 0.6 is 11.3 Å². The van der Waals surface area contributed by atoms with Crippen LogP contribution in [-0.2, 0) is 10.0 Å². The topological polar surface area (TPSA) is 75.3 Å². The van der Waals surface area contributed by atoms with E-state index in [1.54, 1.807) is 55.5 Å². The molecule has 0 radical (unpaired) electrons. The molecule has 0 spiro atoms. The minimum absolute atomic E-state index is 0.119. The highest BCUT2D eigenvalue weighted by Crippen LogP contribution is 2.33. The summed E-state index contributed by atoms with van der Waals surface area (Å²) >= 11 is 1.26. The lowest BCUT2D eigenvalue weighted by molar-refractivity contribution is 0.103. The van der Waals surface area contributed by atoms with E-state index in [0.717, 1.165) is 4.70 Å². The molecule has 152 valence electrons. The first-order valence-corrected chi connectivity index (χ1v) is 11.3. The van der Waals surface area contributed by atoms with Crippen molar-refractivity contribution in [1.29, 1.82) is 0 Å². The molecule has 0 saturated heterocycles. The molecule has 0 atom stereocenters. The summed E-state index contributed by atoms with van der Waals surface area (Å²) in [6.45, 7) is 1.76. The average Bonchev–Trinajstić information content (AvgIpc) is 3.06. The molecule has 0 fully saturated rings. The lowest BCUT2D eigenvalue weighted by Crippen LogP contribution is -2.17. The fourth-order valence-electron chi connectivity index (χ4n) is 3.07. The van der Waals surface area contributed by atoms with E-state index in [-0.39, 0.29) is 22.3 Å². The SMILES string of the molecule is Cc1c(C(=O)Nc2ccccc2NS(=O)(=O)c2ccccc2)sc2ccc(F)cc12. The Balaban J connectivity index is 1.64. The van der Waals surface area contributed by atoms with Crippen molar-refractivity contribution in [3.63, 3.8) is 0 Å². The van der Waals surface area contributed by atoms with E-state index in [9.17, 15) is 17.6 Å². The molecule has 5 nitrogen and oxygen atoms in total. The van der Waals surface area contributed by atoms with Crippen LogP contribution in [0.25, 0.3) is 10.1 Å². The van der Waals surface area contributed by atoms with Gasteiger partial charge in [-0.05, 0) is 60.3 Å². The van der Waals surface area contributed by atoms with Gasteiger partial charge in [0.1, 0.15) is 5.82 Å². The first kappa shape index (κ1) is 20.1. The number of hydrogen-bond acceptors (Lipinski definition) is 4. The summed E-state index contributed by atoms with van der Waals surface area (Å²) in [7, 11) is -3.81. The van der Waals surface area contributed by atoms with Gasteiger partial charge in [-0.25, -0.2) is 12.8 Å². The predicted octanol–water partition coefficient (Wildman–Crippen LogP) is 5.40. The Morgan fingerprint density at radius 1 is 0.933 bits per heavy atom. The zero-order valence-corrected chi connectivity index (χ0v) is 17.5. The first-order valence-electron chi connectivity index (χ1n) is 9.02. The van der Waals surface area contributed by atoms with Crippen LogP contribution in [0.1, 0.15) is 15.2 Å². The molecule has 0 unspecified atom stereocenters. The Morgan fingerprint density at radius 2 is 1.60 bits per heavy atom. The number of benzene rings is 3. The molecular weight excluding hydrogens is 423 g/mol. The van der Waals surface area contributed by atoms with Gasteiger partial charge in [0.05, 0.1) is 21.1 Å². The van der Waals surface area contributed by atoms with Gasteiger partial charge in [0.25, 0.3) is 15.9 Å². The van der Waals surface area contributed by atoms with E-state index in [4.69, 9.17) is 0 Å². The van der Waals surface area contributed by atoms with Gasteiger partial charge < -0.3 is 5.32 Å².